The van der Waals surface area contributed by atoms with Gasteiger partial charge in [0.05, 0.1) is 5.56 Å². The van der Waals surface area contributed by atoms with Crippen molar-refractivity contribution >= 4 is 12.0 Å². The molecule has 124 valence electrons. The Hall–Kier alpha value is -2.55. The molecule has 0 aliphatic heterocycles. The van der Waals surface area contributed by atoms with Crippen LogP contribution in [0.25, 0.3) is 0 Å². The summed E-state index contributed by atoms with van der Waals surface area (Å²) in [6, 6.07) is 5.98. The van der Waals surface area contributed by atoms with E-state index in [1.54, 1.807) is 32.9 Å². The smallest absolute Gasteiger partial charge is 0.407 e. The van der Waals surface area contributed by atoms with Crippen LogP contribution in [0, 0.1) is 17.7 Å². The highest BCUT2D eigenvalue weighted by Crippen LogP contribution is 2.06. The predicted molar refractivity (Wildman–Crippen MR) is 85.1 cm³/mol. The summed E-state index contributed by atoms with van der Waals surface area (Å²) in [6.07, 6.45) is 0.0370. The van der Waals surface area contributed by atoms with Crippen LogP contribution in [0.15, 0.2) is 24.3 Å². The number of benzene rings is 1. The van der Waals surface area contributed by atoms with Gasteiger partial charge in [-0.2, -0.15) is 0 Å². The molecule has 0 aliphatic carbocycles. The molecule has 0 radical (unpaired) electrons. The van der Waals surface area contributed by atoms with Gasteiger partial charge in [-0.25, -0.2) is 9.18 Å². The standard InChI is InChI=1S/C17H21FN2O3/c1-17(2,3)23-16(22)20-12-6-11-19-15(21)10-9-13-7-4-5-8-14(13)18/h4-5,7-8H,6,11-12H2,1-3H3,(H,19,21)(H,20,22). The highest BCUT2D eigenvalue weighted by Gasteiger charge is 2.15. The van der Waals surface area contributed by atoms with Crippen LogP contribution < -0.4 is 10.6 Å². The number of nitrogens with one attached hydrogen (secondary N) is 2. The second-order valence-corrected chi connectivity index (χ2v) is 5.77. The fourth-order valence-electron chi connectivity index (χ4n) is 1.53. The third-order valence-corrected chi connectivity index (χ3v) is 2.49. The topological polar surface area (TPSA) is 67.4 Å². The summed E-state index contributed by atoms with van der Waals surface area (Å²) in [5.41, 5.74) is -0.366. The minimum atomic E-state index is -0.541. The number of amides is 2. The summed E-state index contributed by atoms with van der Waals surface area (Å²) in [4.78, 5) is 22.9. The molecule has 0 unspecified atom stereocenters. The van der Waals surface area contributed by atoms with Gasteiger partial charge in [0, 0.05) is 19.0 Å². The largest absolute Gasteiger partial charge is 0.444 e. The number of ether oxygens (including phenoxy) is 1. The third-order valence-electron chi connectivity index (χ3n) is 2.49. The Morgan fingerprint density at radius 1 is 1.17 bits per heavy atom. The molecular weight excluding hydrogens is 299 g/mol. The molecular formula is C17H21FN2O3. The van der Waals surface area contributed by atoms with Crippen LogP contribution in [0.1, 0.15) is 32.8 Å². The Bertz CT molecular complexity index is 612. The highest BCUT2D eigenvalue weighted by molar-refractivity contribution is 5.94. The van der Waals surface area contributed by atoms with Crippen molar-refractivity contribution in [1.82, 2.24) is 10.6 Å². The summed E-state index contributed by atoms with van der Waals surface area (Å²) in [5, 5.41) is 5.15. The van der Waals surface area contributed by atoms with E-state index in [0.29, 0.717) is 19.5 Å². The maximum atomic E-state index is 13.3. The minimum Gasteiger partial charge on any atom is -0.444 e. The number of rotatable bonds is 4. The molecule has 5 nitrogen and oxygen atoms in total. The lowest BCUT2D eigenvalue weighted by Crippen LogP contribution is -2.34. The zero-order valence-electron chi connectivity index (χ0n) is 13.5. The average Bonchev–Trinajstić information content (AvgIpc) is 2.44. The monoisotopic (exact) mass is 320 g/mol. The Morgan fingerprint density at radius 2 is 1.83 bits per heavy atom. The second kappa shape index (κ2) is 8.79. The molecule has 0 fully saturated rings. The van der Waals surface area contributed by atoms with Crippen molar-refractivity contribution in [3.05, 3.63) is 35.6 Å². The van der Waals surface area contributed by atoms with Gasteiger partial charge in [0.25, 0.3) is 5.91 Å². The lowest BCUT2D eigenvalue weighted by Gasteiger charge is -2.19. The van der Waals surface area contributed by atoms with Gasteiger partial charge in [0.1, 0.15) is 11.4 Å². The number of hydrogen-bond donors (Lipinski definition) is 2. The Labute approximate surface area is 135 Å². The SMILES string of the molecule is CC(C)(C)OC(=O)NCCCNC(=O)C#Cc1ccccc1F. The molecule has 2 N–H and O–H groups in total. The molecule has 0 spiro atoms. The van der Waals surface area contributed by atoms with E-state index in [4.69, 9.17) is 4.74 Å². The number of halogens is 1. The van der Waals surface area contributed by atoms with Gasteiger partial charge in [0.15, 0.2) is 0 Å². The molecule has 2 amide bonds. The summed E-state index contributed by atoms with van der Waals surface area (Å²) in [6.45, 7) is 6.06. The first-order valence-electron chi connectivity index (χ1n) is 7.29. The molecule has 0 saturated carbocycles. The molecule has 1 aromatic carbocycles. The minimum absolute atomic E-state index is 0.175. The molecule has 0 bridgehead atoms. The van der Waals surface area contributed by atoms with Gasteiger partial charge in [0.2, 0.25) is 0 Å². The van der Waals surface area contributed by atoms with Gasteiger partial charge < -0.3 is 15.4 Å². The first-order chi connectivity index (χ1) is 10.8. The summed E-state index contributed by atoms with van der Waals surface area (Å²) < 4.78 is 18.4. The van der Waals surface area contributed by atoms with Gasteiger partial charge >= 0.3 is 6.09 Å². The highest BCUT2D eigenvalue weighted by atomic mass is 19.1. The lowest BCUT2D eigenvalue weighted by molar-refractivity contribution is -0.115. The van der Waals surface area contributed by atoms with Crippen LogP contribution in [0.4, 0.5) is 9.18 Å². The van der Waals surface area contributed by atoms with E-state index < -0.39 is 23.4 Å². The number of carbonyl (C=O) groups is 2. The third kappa shape index (κ3) is 8.47. The second-order valence-electron chi connectivity index (χ2n) is 5.77. The van der Waals surface area contributed by atoms with Crippen molar-refractivity contribution in [2.75, 3.05) is 13.1 Å². The van der Waals surface area contributed by atoms with E-state index in [1.165, 1.54) is 12.1 Å². The van der Waals surface area contributed by atoms with Crippen LogP contribution in [-0.4, -0.2) is 30.7 Å². The normalized spacial score (nSPS) is 10.3. The van der Waals surface area contributed by atoms with Crippen molar-refractivity contribution in [2.24, 2.45) is 0 Å². The number of carbonyl (C=O) groups excluding carboxylic acids is 2. The maximum Gasteiger partial charge on any atom is 0.407 e. The first kappa shape index (κ1) is 18.5. The molecule has 0 aliphatic rings. The van der Waals surface area contributed by atoms with Crippen LogP contribution >= 0.6 is 0 Å². The molecule has 0 heterocycles. The van der Waals surface area contributed by atoms with Crippen LogP contribution in [0.3, 0.4) is 0 Å². The van der Waals surface area contributed by atoms with Gasteiger partial charge in [-0.1, -0.05) is 18.1 Å². The van der Waals surface area contributed by atoms with Crippen LogP contribution in [0.5, 0.6) is 0 Å². The quantitative estimate of drug-likeness (QED) is 0.660. The molecule has 1 aromatic rings. The van der Waals surface area contributed by atoms with Gasteiger partial charge in [-0.05, 0) is 39.3 Å². The maximum absolute atomic E-state index is 13.3. The van der Waals surface area contributed by atoms with Gasteiger partial charge in [-0.3, -0.25) is 4.79 Å². The lowest BCUT2D eigenvalue weighted by atomic mass is 10.2. The molecule has 0 aromatic heterocycles. The fraction of sp³-hybridized carbons (Fsp3) is 0.412. The molecule has 0 saturated heterocycles. The van der Waals surface area contributed by atoms with E-state index in [1.807, 2.05) is 0 Å². The van der Waals surface area contributed by atoms with E-state index in [-0.39, 0.29) is 5.56 Å². The fourth-order valence-corrected chi connectivity index (χ4v) is 1.53. The zero-order chi connectivity index (χ0) is 17.3. The van der Waals surface area contributed by atoms with Crippen LogP contribution in [-0.2, 0) is 9.53 Å². The number of hydrogen-bond acceptors (Lipinski definition) is 3. The van der Waals surface area contributed by atoms with Crippen molar-refractivity contribution < 1.29 is 18.7 Å². The predicted octanol–water partition coefficient (Wildman–Crippen LogP) is 2.21. The average molecular weight is 320 g/mol. The van der Waals surface area contributed by atoms with Crippen molar-refractivity contribution in [3.63, 3.8) is 0 Å². The molecule has 1 rings (SSSR count). The van der Waals surface area contributed by atoms with Crippen molar-refractivity contribution in [3.8, 4) is 11.8 Å². The van der Waals surface area contributed by atoms with Crippen molar-refractivity contribution in [1.29, 1.82) is 0 Å². The van der Waals surface area contributed by atoms with E-state index in [9.17, 15) is 14.0 Å². The van der Waals surface area contributed by atoms with E-state index in [2.05, 4.69) is 22.5 Å². The van der Waals surface area contributed by atoms with E-state index >= 15 is 0 Å². The van der Waals surface area contributed by atoms with E-state index in [0.717, 1.165) is 0 Å². The Balaban J connectivity index is 2.23. The summed E-state index contributed by atoms with van der Waals surface area (Å²) in [5.74, 6) is 3.83. The number of alkyl carbamates (subject to hydrolysis) is 1. The summed E-state index contributed by atoms with van der Waals surface area (Å²) in [7, 11) is 0. The van der Waals surface area contributed by atoms with Gasteiger partial charge in [-0.15, -0.1) is 0 Å². The first-order valence-corrected chi connectivity index (χ1v) is 7.29. The molecule has 23 heavy (non-hydrogen) atoms. The van der Waals surface area contributed by atoms with Crippen molar-refractivity contribution in [2.45, 2.75) is 32.8 Å². The Kier molecular flexibility index (Phi) is 7.07. The molecule has 0 atom stereocenters. The Morgan fingerprint density at radius 3 is 2.48 bits per heavy atom. The van der Waals surface area contributed by atoms with Crippen LogP contribution in [0.2, 0.25) is 0 Å². The molecule has 6 heteroatoms. The zero-order valence-corrected chi connectivity index (χ0v) is 13.5. The summed E-state index contributed by atoms with van der Waals surface area (Å²) >= 11 is 0.